The van der Waals surface area contributed by atoms with Crippen LogP contribution < -0.4 is 5.73 Å². The van der Waals surface area contributed by atoms with Gasteiger partial charge in [-0.3, -0.25) is 9.79 Å². The van der Waals surface area contributed by atoms with Crippen molar-refractivity contribution in [1.82, 2.24) is 0 Å². The second-order valence-corrected chi connectivity index (χ2v) is 2.74. The van der Waals surface area contributed by atoms with Gasteiger partial charge in [-0.1, -0.05) is 0 Å². The lowest BCUT2D eigenvalue weighted by molar-refractivity contribution is -0.115. The molecule has 1 rings (SSSR count). The van der Waals surface area contributed by atoms with Crippen molar-refractivity contribution in [3.8, 4) is 0 Å². The van der Waals surface area contributed by atoms with Gasteiger partial charge in [-0.25, -0.2) is 0 Å². The molecule has 0 saturated carbocycles. The van der Waals surface area contributed by atoms with Crippen LogP contribution in [0.4, 0.5) is 0 Å². The van der Waals surface area contributed by atoms with E-state index in [-0.39, 0.29) is 11.2 Å². The molecule has 0 aromatic heterocycles. The Balaban J connectivity index is 2.50. The predicted octanol–water partition coefficient (Wildman–Crippen LogP) is 0.519. The Morgan fingerprint density at radius 1 is 1.80 bits per heavy atom. The highest BCUT2D eigenvalue weighted by Crippen LogP contribution is 2.14. The summed E-state index contributed by atoms with van der Waals surface area (Å²) in [6.07, 6.45) is 1.45. The molecule has 0 spiro atoms. The van der Waals surface area contributed by atoms with Gasteiger partial charge in [0, 0.05) is 6.42 Å². The first-order valence-electron chi connectivity index (χ1n) is 3.18. The van der Waals surface area contributed by atoms with Crippen LogP contribution in [0.2, 0.25) is 0 Å². The molecule has 10 heavy (non-hydrogen) atoms. The number of aliphatic imine (C=N–C) groups is 1. The fourth-order valence-electron chi connectivity index (χ4n) is 0.905. The molecule has 1 aliphatic rings. The fraction of sp³-hybridized carbons (Fsp3) is 0.667. The lowest BCUT2D eigenvalue weighted by Crippen LogP contribution is -2.24. The SMILES string of the molecule is NC1=NCC(C(=O)Cl)CC1. The van der Waals surface area contributed by atoms with Gasteiger partial charge >= 0.3 is 0 Å². The second kappa shape index (κ2) is 3.01. The number of halogens is 1. The molecule has 0 aliphatic carbocycles. The Bertz CT molecular complexity index is 179. The minimum absolute atomic E-state index is 0.103. The summed E-state index contributed by atoms with van der Waals surface area (Å²) in [6, 6.07) is 0. The van der Waals surface area contributed by atoms with Gasteiger partial charge in [0.05, 0.1) is 18.3 Å². The van der Waals surface area contributed by atoms with E-state index in [9.17, 15) is 4.79 Å². The zero-order valence-corrected chi connectivity index (χ0v) is 6.27. The van der Waals surface area contributed by atoms with E-state index in [2.05, 4.69) is 4.99 Å². The second-order valence-electron chi connectivity index (χ2n) is 2.37. The van der Waals surface area contributed by atoms with E-state index >= 15 is 0 Å². The maximum atomic E-state index is 10.6. The number of hydrogen-bond acceptors (Lipinski definition) is 3. The van der Waals surface area contributed by atoms with Crippen molar-refractivity contribution in [2.24, 2.45) is 16.6 Å². The fourth-order valence-corrected chi connectivity index (χ4v) is 1.08. The Hall–Kier alpha value is -0.570. The Labute approximate surface area is 64.3 Å². The summed E-state index contributed by atoms with van der Waals surface area (Å²) in [5.74, 6) is 0.531. The van der Waals surface area contributed by atoms with Crippen LogP contribution in [0.5, 0.6) is 0 Å². The van der Waals surface area contributed by atoms with Crippen LogP contribution in [0.1, 0.15) is 12.8 Å². The van der Waals surface area contributed by atoms with E-state index in [0.29, 0.717) is 18.8 Å². The third kappa shape index (κ3) is 1.70. The molecule has 2 N–H and O–H groups in total. The number of nitrogens with zero attached hydrogens (tertiary/aromatic N) is 1. The average Bonchev–Trinajstić information content (AvgIpc) is 1.88. The molecule has 0 bridgehead atoms. The standard InChI is InChI=1S/C6H9ClN2O/c7-6(10)4-1-2-5(8)9-3-4/h4H,1-3H2,(H2,8,9). The van der Waals surface area contributed by atoms with E-state index in [4.69, 9.17) is 17.3 Å². The van der Waals surface area contributed by atoms with Crippen molar-refractivity contribution in [3.63, 3.8) is 0 Å². The predicted molar refractivity (Wildman–Crippen MR) is 40.1 cm³/mol. The van der Waals surface area contributed by atoms with Crippen LogP contribution >= 0.6 is 11.6 Å². The highest BCUT2D eigenvalue weighted by atomic mass is 35.5. The lowest BCUT2D eigenvalue weighted by Gasteiger charge is -2.14. The third-order valence-corrected chi connectivity index (χ3v) is 1.89. The number of amidine groups is 1. The third-order valence-electron chi connectivity index (χ3n) is 1.58. The first-order valence-corrected chi connectivity index (χ1v) is 3.56. The zero-order valence-electron chi connectivity index (χ0n) is 5.51. The maximum absolute atomic E-state index is 10.6. The van der Waals surface area contributed by atoms with Crippen molar-refractivity contribution in [2.45, 2.75) is 12.8 Å². The molecule has 1 atom stereocenters. The molecule has 0 amide bonds. The van der Waals surface area contributed by atoms with Crippen LogP contribution in [0, 0.1) is 5.92 Å². The van der Waals surface area contributed by atoms with Gasteiger partial charge in [0.2, 0.25) is 5.24 Å². The molecule has 56 valence electrons. The van der Waals surface area contributed by atoms with Crippen molar-refractivity contribution >= 4 is 22.7 Å². The molecular formula is C6H9ClN2O. The number of hydrogen-bond donors (Lipinski definition) is 1. The first-order chi connectivity index (χ1) is 4.70. The van der Waals surface area contributed by atoms with Crippen LogP contribution in [-0.4, -0.2) is 17.6 Å². The Morgan fingerprint density at radius 3 is 2.90 bits per heavy atom. The van der Waals surface area contributed by atoms with Crippen LogP contribution in [0.15, 0.2) is 4.99 Å². The summed E-state index contributed by atoms with van der Waals surface area (Å²) in [5, 5.41) is -0.295. The zero-order chi connectivity index (χ0) is 7.56. The summed E-state index contributed by atoms with van der Waals surface area (Å²) in [4.78, 5) is 14.5. The summed E-state index contributed by atoms with van der Waals surface area (Å²) < 4.78 is 0. The molecule has 4 heteroatoms. The van der Waals surface area contributed by atoms with E-state index in [1.54, 1.807) is 0 Å². The molecule has 0 radical (unpaired) electrons. The maximum Gasteiger partial charge on any atom is 0.226 e. The van der Waals surface area contributed by atoms with Gasteiger partial charge in [-0.2, -0.15) is 0 Å². The van der Waals surface area contributed by atoms with Crippen LogP contribution in [-0.2, 0) is 4.79 Å². The van der Waals surface area contributed by atoms with E-state index in [1.165, 1.54) is 0 Å². The Morgan fingerprint density at radius 2 is 2.50 bits per heavy atom. The molecule has 3 nitrogen and oxygen atoms in total. The number of carbonyl (C=O) groups is 1. The quantitative estimate of drug-likeness (QED) is 0.569. The highest BCUT2D eigenvalue weighted by molar-refractivity contribution is 6.64. The van der Waals surface area contributed by atoms with Gasteiger partial charge < -0.3 is 5.73 Å². The summed E-state index contributed by atoms with van der Waals surface area (Å²) in [6.45, 7) is 0.466. The van der Waals surface area contributed by atoms with Gasteiger partial charge in [-0.15, -0.1) is 0 Å². The van der Waals surface area contributed by atoms with Crippen molar-refractivity contribution < 1.29 is 4.79 Å². The molecule has 0 aromatic rings. The number of rotatable bonds is 1. The minimum Gasteiger partial charge on any atom is -0.387 e. The summed E-state index contributed by atoms with van der Waals surface area (Å²) >= 11 is 5.26. The molecular weight excluding hydrogens is 152 g/mol. The normalized spacial score (nSPS) is 25.7. The van der Waals surface area contributed by atoms with Gasteiger partial charge in [0.15, 0.2) is 0 Å². The summed E-state index contributed by atoms with van der Waals surface area (Å²) in [7, 11) is 0. The van der Waals surface area contributed by atoms with E-state index < -0.39 is 0 Å². The average molecular weight is 161 g/mol. The van der Waals surface area contributed by atoms with Gasteiger partial charge in [0.25, 0.3) is 0 Å². The van der Waals surface area contributed by atoms with Crippen LogP contribution in [0.3, 0.4) is 0 Å². The van der Waals surface area contributed by atoms with E-state index in [0.717, 1.165) is 6.42 Å². The minimum atomic E-state index is -0.295. The van der Waals surface area contributed by atoms with E-state index in [1.807, 2.05) is 0 Å². The summed E-state index contributed by atoms with van der Waals surface area (Å²) in [5.41, 5.74) is 5.39. The van der Waals surface area contributed by atoms with Crippen LogP contribution in [0.25, 0.3) is 0 Å². The van der Waals surface area contributed by atoms with Crippen molar-refractivity contribution in [3.05, 3.63) is 0 Å². The first kappa shape index (κ1) is 7.54. The smallest absolute Gasteiger partial charge is 0.226 e. The largest absolute Gasteiger partial charge is 0.387 e. The molecule has 0 fully saturated rings. The van der Waals surface area contributed by atoms with Crippen molar-refractivity contribution in [2.75, 3.05) is 6.54 Å². The van der Waals surface area contributed by atoms with Gasteiger partial charge in [0.1, 0.15) is 0 Å². The molecule has 1 aliphatic heterocycles. The topological polar surface area (TPSA) is 55.4 Å². The number of carbonyl (C=O) groups excluding carboxylic acids is 1. The molecule has 1 unspecified atom stereocenters. The molecule has 0 saturated heterocycles. The molecule has 1 heterocycles. The van der Waals surface area contributed by atoms with Gasteiger partial charge in [-0.05, 0) is 18.0 Å². The lowest BCUT2D eigenvalue weighted by atomic mass is 10.0. The number of nitrogens with two attached hydrogens (primary N) is 1. The molecule has 0 aromatic carbocycles. The van der Waals surface area contributed by atoms with Crippen molar-refractivity contribution in [1.29, 1.82) is 0 Å². The highest BCUT2D eigenvalue weighted by Gasteiger charge is 2.19. The Kier molecular flexibility index (Phi) is 2.27. The monoisotopic (exact) mass is 160 g/mol.